The number of amides is 1. The highest BCUT2D eigenvalue weighted by atomic mass is 16.6. The molecule has 5 aromatic rings. The molecule has 0 unspecified atom stereocenters. The summed E-state index contributed by atoms with van der Waals surface area (Å²) in [5, 5.41) is 6.12. The van der Waals surface area contributed by atoms with Gasteiger partial charge < -0.3 is 20.0 Å². The van der Waals surface area contributed by atoms with Gasteiger partial charge >= 0.3 is 6.09 Å². The highest BCUT2D eigenvalue weighted by Crippen LogP contribution is 2.53. The monoisotopic (exact) mass is 597 g/mol. The molecule has 2 aliphatic heterocycles. The predicted molar refractivity (Wildman–Crippen MR) is 176 cm³/mol. The molecule has 9 rings (SSSR count). The first-order valence-electron chi connectivity index (χ1n) is 16.4. The normalized spacial score (nSPS) is 26.6. The van der Waals surface area contributed by atoms with Gasteiger partial charge in [-0.2, -0.15) is 0 Å². The second-order valence-electron chi connectivity index (χ2n) is 14.6. The fourth-order valence-corrected chi connectivity index (χ4v) is 7.72. The zero-order valence-corrected chi connectivity index (χ0v) is 26.0. The number of ether oxygens (including phenoxy) is 1. The Kier molecular flexibility index (Phi) is 5.89. The Balaban J connectivity index is 0.913. The van der Waals surface area contributed by atoms with Gasteiger partial charge in [-0.25, -0.2) is 9.78 Å². The molecular weight excluding hydrogens is 558 g/mol. The molecule has 6 atom stereocenters. The van der Waals surface area contributed by atoms with Crippen LogP contribution in [0.15, 0.2) is 79.1 Å². The molecule has 228 valence electrons. The van der Waals surface area contributed by atoms with Crippen molar-refractivity contribution >= 4 is 16.9 Å². The fraction of sp³-hybridized carbons (Fsp3) is 0.368. The summed E-state index contributed by atoms with van der Waals surface area (Å²) in [6.45, 7) is 5.75. The first kappa shape index (κ1) is 27.0. The number of fused-ring (bicyclic) bond motifs is 3. The van der Waals surface area contributed by atoms with E-state index < -0.39 is 5.60 Å². The number of aromatic nitrogens is 3. The lowest BCUT2D eigenvalue weighted by molar-refractivity contribution is 0.0175. The average molecular weight is 598 g/mol. The SMILES string of the molecule is CC(C)(C)OC(=O)N1[C@@H]2C[C@@H]2C[C@H]1c1ncc(-c2ccc3cc(-c4ccc(-c5c[nH]c([C@@H]6C[C@H]7C[C@H]7N6)c5)cc4)ccc3c2)[nH]1. The van der Waals surface area contributed by atoms with E-state index in [0.29, 0.717) is 12.0 Å². The highest BCUT2D eigenvalue weighted by molar-refractivity contribution is 5.90. The lowest BCUT2D eigenvalue weighted by Crippen LogP contribution is -2.38. The van der Waals surface area contributed by atoms with Crippen molar-refractivity contribution in [3.63, 3.8) is 0 Å². The van der Waals surface area contributed by atoms with Gasteiger partial charge in [0.1, 0.15) is 11.4 Å². The van der Waals surface area contributed by atoms with E-state index in [-0.39, 0.29) is 18.2 Å². The van der Waals surface area contributed by atoms with E-state index in [1.165, 1.54) is 51.6 Å². The summed E-state index contributed by atoms with van der Waals surface area (Å²) in [6.07, 6.45) is 8.40. The second-order valence-corrected chi connectivity index (χ2v) is 14.6. The molecule has 1 amide bonds. The number of H-pyrrole nitrogens is 2. The van der Waals surface area contributed by atoms with Crippen molar-refractivity contribution in [2.45, 2.75) is 76.2 Å². The number of carbonyl (C=O) groups is 1. The van der Waals surface area contributed by atoms with Gasteiger partial charge in [0.2, 0.25) is 0 Å². The van der Waals surface area contributed by atoms with Crippen molar-refractivity contribution in [2.24, 2.45) is 11.8 Å². The van der Waals surface area contributed by atoms with Crippen molar-refractivity contribution in [3.8, 4) is 33.5 Å². The van der Waals surface area contributed by atoms with Gasteiger partial charge in [0.15, 0.2) is 0 Å². The van der Waals surface area contributed by atoms with Crippen LogP contribution in [0, 0.1) is 11.8 Å². The summed E-state index contributed by atoms with van der Waals surface area (Å²) in [6, 6.07) is 25.8. The summed E-state index contributed by atoms with van der Waals surface area (Å²) >= 11 is 0. The van der Waals surface area contributed by atoms with Crippen LogP contribution in [0.2, 0.25) is 0 Å². The number of carbonyl (C=O) groups excluding carboxylic acids is 1. The predicted octanol–water partition coefficient (Wildman–Crippen LogP) is 8.39. The lowest BCUT2D eigenvalue weighted by atomic mass is 9.98. The van der Waals surface area contributed by atoms with Crippen LogP contribution in [0.25, 0.3) is 44.3 Å². The zero-order valence-electron chi connectivity index (χ0n) is 26.0. The molecule has 2 aromatic heterocycles. The van der Waals surface area contributed by atoms with Crippen LogP contribution in [0.3, 0.4) is 0 Å². The largest absolute Gasteiger partial charge is 0.444 e. The summed E-state index contributed by atoms with van der Waals surface area (Å²) in [5.74, 6) is 2.27. The van der Waals surface area contributed by atoms with Crippen molar-refractivity contribution in [1.29, 1.82) is 0 Å². The van der Waals surface area contributed by atoms with Gasteiger partial charge in [0.05, 0.1) is 17.9 Å². The standard InChI is InChI=1S/C38H39N5O2/c1-38(2,3)45-37(44)43-34-17-28(34)18-35(43)36-40-20-33(42-36)26-11-10-24-12-23(8-9-25(24)13-26)21-4-6-22(7-5-21)29-16-31(39-19-29)32-15-27-14-30(27)41-32/h4-13,16,19-20,27-28,30,32,34-35,39,41H,14-15,17-18H2,1-3H3,(H,40,42)/t27-,28-,30-,32+,34-,35+/m1/s1. The quantitative estimate of drug-likeness (QED) is 0.190. The van der Waals surface area contributed by atoms with Crippen molar-refractivity contribution in [3.05, 3.63) is 90.6 Å². The fourth-order valence-electron chi connectivity index (χ4n) is 7.72. The number of aromatic amines is 2. The van der Waals surface area contributed by atoms with Crippen LogP contribution in [0.4, 0.5) is 4.79 Å². The minimum absolute atomic E-state index is 0.0687. The minimum Gasteiger partial charge on any atom is -0.444 e. The van der Waals surface area contributed by atoms with Crippen molar-refractivity contribution in [2.75, 3.05) is 0 Å². The van der Waals surface area contributed by atoms with Crippen molar-refractivity contribution in [1.82, 2.24) is 25.2 Å². The van der Waals surface area contributed by atoms with E-state index in [9.17, 15) is 4.79 Å². The van der Waals surface area contributed by atoms with E-state index >= 15 is 0 Å². The Morgan fingerprint density at radius 2 is 1.53 bits per heavy atom. The Bertz CT molecular complexity index is 1920. The Morgan fingerprint density at radius 1 is 0.822 bits per heavy atom. The van der Waals surface area contributed by atoms with Crippen LogP contribution in [-0.4, -0.2) is 43.6 Å². The third kappa shape index (κ3) is 4.94. The van der Waals surface area contributed by atoms with Crippen LogP contribution in [0.5, 0.6) is 0 Å². The molecule has 4 aliphatic rings. The van der Waals surface area contributed by atoms with E-state index in [2.05, 4.69) is 88.2 Å². The minimum atomic E-state index is -0.517. The molecule has 0 bridgehead atoms. The van der Waals surface area contributed by atoms with Gasteiger partial charge in [0, 0.05) is 35.6 Å². The van der Waals surface area contributed by atoms with E-state index in [1.807, 2.05) is 31.9 Å². The number of likely N-dealkylation sites (tertiary alicyclic amines) is 1. The molecule has 2 saturated carbocycles. The van der Waals surface area contributed by atoms with E-state index in [4.69, 9.17) is 9.72 Å². The van der Waals surface area contributed by atoms with E-state index in [0.717, 1.165) is 41.9 Å². The number of nitrogens with zero attached hydrogens (tertiary/aromatic N) is 2. The van der Waals surface area contributed by atoms with E-state index in [1.54, 1.807) is 0 Å². The molecule has 7 nitrogen and oxygen atoms in total. The summed E-state index contributed by atoms with van der Waals surface area (Å²) in [4.78, 5) is 26.7. The number of hydrogen-bond donors (Lipinski definition) is 3. The van der Waals surface area contributed by atoms with Crippen LogP contribution in [0.1, 0.15) is 70.1 Å². The summed E-state index contributed by atoms with van der Waals surface area (Å²) in [5.41, 5.74) is 7.73. The van der Waals surface area contributed by atoms with Crippen molar-refractivity contribution < 1.29 is 9.53 Å². The lowest BCUT2D eigenvalue weighted by Gasteiger charge is -2.29. The maximum atomic E-state index is 13.0. The zero-order chi connectivity index (χ0) is 30.4. The molecule has 0 spiro atoms. The topological polar surface area (TPSA) is 86.0 Å². The number of hydrogen-bond acceptors (Lipinski definition) is 4. The maximum absolute atomic E-state index is 13.0. The Labute approximate surface area is 263 Å². The van der Waals surface area contributed by atoms with Crippen LogP contribution >= 0.6 is 0 Å². The number of rotatable bonds is 5. The van der Waals surface area contributed by atoms with Gasteiger partial charge in [-0.1, -0.05) is 48.5 Å². The van der Waals surface area contributed by atoms with Gasteiger partial charge in [0.25, 0.3) is 0 Å². The molecule has 3 N–H and O–H groups in total. The molecule has 3 aromatic carbocycles. The number of imidazole rings is 1. The van der Waals surface area contributed by atoms with Gasteiger partial charge in [-0.05, 0) is 110 Å². The van der Waals surface area contributed by atoms with Crippen LogP contribution in [-0.2, 0) is 4.74 Å². The molecule has 2 saturated heterocycles. The average Bonchev–Trinajstić information content (AvgIpc) is 3.60. The van der Waals surface area contributed by atoms with Gasteiger partial charge in [-0.3, -0.25) is 4.90 Å². The Morgan fingerprint density at radius 3 is 2.27 bits per heavy atom. The molecule has 0 radical (unpaired) electrons. The van der Waals surface area contributed by atoms with Gasteiger partial charge in [-0.15, -0.1) is 0 Å². The third-order valence-electron chi connectivity index (χ3n) is 10.3. The number of benzene rings is 3. The molecule has 45 heavy (non-hydrogen) atoms. The van der Waals surface area contributed by atoms with Crippen LogP contribution < -0.4 is 5.32 Å². The first-order chi connectivity index (χ1) is 21.8. The summed E-state index contributed by atoms with van der Waals surface area (Å²) < 4.78 is 5.74. The first-order valence-corrected chi connectivity index (χ1v) is 16.4. The summed E-state index contributed by atoms with van der Waals surface area (Å²) in [7, 11) is 0. The molecule has 4 fully saturated rings. The Hall–Kier alpha value is -4.36. The molecule has 7 heteroatoms. The number of nitrogens with one attached hydrogen (secondary N) is 3. The second kappa shape index (κ2) is 9.82. The molecule has 2 aliphatic carbocycles. The third-order valence-corrected chi connectivity index (χ3v) is 10.3. The number of piperidine rings is 2. The maximum Gasteiger partial charge on any atom is 0.411 e. The molecule has 4 heterocycles. The smallest absolute Gasteiger partial charge is 0.411 e. The molecular formula is C38H39N5O2. The highest BCUT2D eigenvalue weighted by Gasteiger charge is 2.56.